The van der Waals surface area contributed by atoms with Gasteiger partial charge in [-0.15, -0.1) is 6.58 Å². The molecule has 0 saturated carbocycles. The van der Waals surface area contributed by atoms with Gasteiger partial charge in [0, 0.05) is 24.7 Å². The lowest BCUT2D eigenvalue weighted by Gasteiger charge is -2.17. The number of rotatable bonds is 6. The summed E-state index contributed by atoms with van der Waals surface area (Å²) in [5.41, 5.74) is 0.167. The molecular formula is C14H15ClFNO2. The molecule has 1 N–H and O–H groups in total. The van der Waals surface area contributed by atoms with Crippen molar-refractivity contribution in [3.05, 3.63) is 53.3 Å². The second kappa shape index (κ2) is 7.71. The molecule has 102 valence electrons. The minimum absolute atomic E-state index is 0.145. The predicted octanol–water partition coefficient (Wildman–Crippen LogP) is 2.50. The van der Waals surface area contributed by atoms with Gasteiger partial charge in [-0.1, -0.05) is 23.7 Å². The number of aliphatic hydroxyl groups is 1. The Bertz CT molecular complexity index is 468. The van der Waals surface area contributed by atoms with Gasteiger partial charge >= 0.3 is 0 Å². The zero-order valence-corrected chi connectivity index (χ0v) is 11.1. The maximum absolute atomic E-state index is 13.5. The second-order valence-corrected chi connectivity index (χ2v) is 4.17. The topological polar surface area (TPSA) is 40.5 Å². The summed E-state index contributed by atoms with van der Waals surface area (Å²) in [5.74, 6) is -0.831. The number of hydrogen-bond donors (Lipinski definition) is 1. The number of benzene rings is 1. The molecule has 1 rings (SSSR count). The Kier molecular flexibility index (Phi) is 6.25. The van der Waals surface area contributed by atoms with Crippen LogP contribution in [0.5, 0.6) is 0 Å². The fourth-order valence-corrected chi connectivity index (χ4v) is 1.72. The van der Waals surface area contributed by atoms with Crippen LogP contribution in [0.15, 0.2) is 36.9 Å². The van der Waals surface area contributed by atoms with Crippen LogP contribution in [0.4, 0.5) is 4.39 Å². The van der Waals surface area contributed by atoms with Gasteiger partial charge in [0.1, 0.15) is 5.82 Å². The van der Waals surface area contributed by atoms with E-state index >= 15 is 0 Å². The Labute approximate surface area is 116 Å². The van der Waals surface area contributed by atoms with E-state index in [9.17, 15) is 9.18 Å². The zero-order chi connectivity index (χ0) is 14.3. The van der Waals surface area contributed by atoms with Crippen molar-refractivity contribution in [3.8, 4) is 0 Å². The quantitative estimate of drug-likeness (QED) is 0.644. The van der Waals surface area contributed by atoms with Crippen molar-refractivity contribution in [1.82, 2.24) is 4.90 Å². The highest BCUT2D eigenvalue weighted by Gasteiger charge is 2.09. The van der Waals surface area contributed by atoms with Crippen molar-refractivity contribution in [2.75, 3.05) is 19.7 Å². The van der Waals surface area contributed by atoms with E-state index in [4.69, 9.17) is 16.7 Å². The van der Waals surface area contributed by atoms with E-state index in [1.54, 1.807) is 12.1 Å². The highest BCUT2D eigenvalue weighted by atomic mass is 35.5. The van der Waals surface area contributed by atoms with Crippen molar-refractivity contribution < 1.29 is 14.3 Å². The molecule has 19 heavy (non-hydrogen) atoms. The molecule has 0 heterocycles. The molecule has 1 amide bonds. The second-order valence-electron chi connectivity index (χ2n) is 3.77. The van der Waals surface area contributed by atoms with Gasteiger partial charge in [-0.3, -0.25) is 4.79 Å². The zero-order valence-electron chi connectivity index (χ0n) is 10.4. The highest BCUT2D eigenvalue weighted by molar-refractivity contribution is 6.32. The van der Waals surface area contributed by atoms with Crippen LogP contribution in [0.2, 0.25) is 5.02 Å². The predicted molar refractivity (Wildman–Crippen MR) is 74.3 cm³/mol. The standard InChI is InChI=1S/C14H15ClFNO2/c1-2-8-17(9-10-18)14(19)7-6-11-12(15)4-3-5-13(11)16/h2-7,18H,1,8-10H2/b7-6+. The summed E-state index contributed by atoms with van der Waals surface area (Å²) in [5, 5.41) is 9.09. The molecule has 0 fully saturated rings. The van der Waals surface area contributed by atoms with Crippen LogP contribution >= 0.6 is 11.6 Å². The third kappa shape index (κ3) is 4.50. The fourth-order valence-electron chi connectivity index (χ4n) is 1.50. The lowest BCUT2D eigenvalue weighted by Crippen LogP contribution is -2.32. The first-order chi connectivity index (χ1) is 9.10. The number of hydrogen-bond acceptors (Lipinski definition) is 2. The summed E-state index contributed by atoms with van der Waals surface area (Å²) < 4.78 is 13.5. The Balaban J connectivity index is 2.85. The van der Waals surface area contributed by atoms with Crippen LogP contribution in [0.3, 0.4) is 0 Å². The Morgan fingerprint density at radius 3 is 2.84 bits per heavy atom. The van der Waals surface area contributed by atoms with Gasteiger partial charge in [0.25, 0.3) is 0 Å². The number of aliphatic hydroxyl groups excluding tert-OH is 1. The van der Waals surface area contributed by atoms with Gasteiger partial charge in [0.2, 0.25) is 5.91 Å². The molecule has 0 radical (unpaired) electrons. The van der Waals surface area contributed by atoms with Crippen LogP contribution in [0.1, 0.15) is 5.56 Å². The van der Waals surface area contributed by atoms with Gasteiger partial charge in [-0.05, 0) is 18.2 Å². The van der Waals surface area contributed by atoms with Gasteiger partial charge in [0.15, 0.2) is 0 Å². The van der Waals surface area contributed by atoms with E-state index in [0.29, 0.717) is 6.54 Å². The average Bonchev–Trinajstić information content (AvgIpc) is 2.37. The number of carbonyl (C=O) groups excluding carboxylic acids is 1. The van der Waals surface area contributed by atoms with Gasteiger partial charge in [-0.2, -0.15) is 0 Å². The molecule has 0 aliphatic carbocycles. The summed E-state index contributed by atoms with van der Waals surface area (Å²) >= 11 is 5.84. The lowest BCUT2D eigenvalue weighted by molar-refractivity contribution is -0.125. The van der Waals surface area contributed by atoms with Crippen molar-refractivity contribution >= 4 is 23.6 Å². The molecule has 0 atom stereocenters. The molecule has 0 bridgehead atoms. The first kappa shape index (κ1) is 15.4. The van der Waals surface area contributed by atoms with E-state index in [0.717, 1.165) is 0 Å². The first-order valence-corrected chi connectivity index (χ1v) is 6.10. The molecule has 0 aliphatic heterocycles. The molecule has 0 aliphatic rings. The number of carbonyl (C=O) groups is 1. The SMILES string of the molecule is C=CCN(CCO)C(=O)/C=C/c1c(F)cccc1Cl. The third-order valence-corrected chi connectivity index (χ3v) is 2.75. The highest BCUT2D eigenvalue weighted by Crippen LogP contribution is 2.20. The Morgan fingerprint density at radius 1 is 1.53 bits per heavy atom. The van der Waals surface area contributed by atoms with E-state index in [1.165, 1.54) is 29.2 Å². The van der Waals surface area contributed by atoms with Crippen LogP contribution in [-0.4, -0.2) is 35.6 Å². The number of halogens is 2. The summed E-state index contributed by atoms with van der Waals surface area (Å²) in [7, 11) is 0. The number of amides is 1. The minimum Gasteiger partial charge on any atom is -0.395 e. The average molecular weight is 284 g/mol. The van der Waals surface area contributed by atoms with Crippen LogP contribution < -0.4 is 0 Å². The number of nitrogens with zero attached hydrogens (tertiary/aromatic N) is 1. The van der Waals surface area contributed by atoms with Crippen molar-refractivity contribution in [1.29, 1.82) is 0 Å². The third-order valence-electron chi connectivity index (χ3n) is 2.42. The van der Waals surface area contributed by atoms with E-state index in [1.807, 2.05) is 0 Å². The molecule has 0 spiro atoms. The van der Waals surface area contributed by atoms with E-state index < -0.39 is 5.82 Å². The normalized spacial score (nSPS) is 10.7. The van der Waals surface area contributed by atoms with Crippen molar-refractivity contribution in [2.24, 2.45) is 0 Å². The molecule has 1 aromatic carbocycles. The van der Waals surface area contributed by atoms with Gasteiger partial charge < -0.3 is 10.0 Å². The summed E-state index contributed by atoms with van der Waals surface area (Å²) in [6.07, 6.45) is 4.11. The summed E-state index contributed by atoms with van der Waals surface area (Å²) in [4.78, 5) is 13.2. The van der Waals surface area contributed by atoms with Crippen LogP contribution in [0, 0.1) is 5.82 Å². The van der Waals surface area contributed by atoms with Crippen LogP contribution in [0.25, 0.3) is 6.08 Å². The minimum atomic E-state index is -0.492. The first-order valence-electron chi connectivity index (χ1n) is 5.73. The maximum Gasteiger partial charge on any atom is 0.246 e. The van der Waals surface area contributed by atoms with Crippen LogP contribution in [-0.2, 0) is 4.79 Å². The van der Waals surface area contributed by atoms with Crippen molar-refractivity contribution in [3.63, 3.8) is 0 Å². The smallest absolute Gasteiger partial charge is 0.246 e. The Hall–Kier alpha value is -1.65. The molecule has 0 unspecified atom stereocenters. The fraction of sp³-hybridized carbons (Fsp3) is 0.214. The summed E-state index contributed by atoms with van der Waals surface area (Å²) in [6, 6.07) is 4.31. The van der Waals surface area contributed by atoms with Crippen molar-refractivity contribution in [2.45, 2.75) is 0 Å². The molecule has 3 nitrogen and oxygen atoms in total. The van der Waals surface area contributed by atoms with Gasteiger partial charge in [0.05, 0.1) is 11.6 Å². The largest absolute Gasteiger partial charge is 0.395 e. The van der Waals surface area contributed by atoms with Gasteiger partial charge in [-0.25, -0.2) is 4.39 Å². The van der Waals surface area contributed by atoms with E-state index in [2.05, 4.69) is 6.58 Å². The molecule has 0 aromatic heterocycles. The maximum atomic E-state index is 13.5. The molecule has 0 saturated heterocycles. The molecular weight excluding hydrogens is 269 g/mol. The van der Waals surface area contributed by atoms with E-state index in [-0.39, 0.29) is 29.6 Å². The molecule has 1 aromatic rings. The Morgan fingerprint density at radius 2 is 2.26 bits per heavy atom. The molecule has 5 heteroatoms. The lowest BCUT2D eigenvalue weighted by atomic mass is 10.2. The monoisotopic (exact) mass is 283 g/mol. The summed E-state index contributed by atoms with van der Waals surface area (Å²) in [6.45, 7) is 3.89.